The second kappa shape index (κ2) is 12.1. The maximum atomic E-state index is 4.51. The Balaban J connectivity index is 1.22. The molecule has 2 aromatic heterocycles. The highest BCUT2D eigenvalue weighted by Gasteiger charge is 2.20. The summed E-state index contributed by atoms with van der Waals surface area (Å²) in [4.78, 5) is 7.51. The molecule has 2 aliphatic rings. The van der Waals surface area contributed by atoms with Crippen molar-refractivity contribution in [3.8, 4) is 5.13 Å². The summed E-state index contributed by atoms with van der Waals surface area (Å²) in [5.41, 5.74) is 1.25. The summed E-state index contributed by atoms with van der Waals surface area (Å²) in [7, 11) is 2.30. The minimum atomic E-state index is 0.808. The number of rotatable bonds is 11. The van der Waals surface area contributed by atoms with Crippen LogP contribution in [0.5, 0.6) is 0 Å². The van der Waals surface area contributed by atoms with Crippen molar-refractivity contribution >= 4 is 16.5 Å². The summed E-state index contributed by atoms with van der Waals surface area (Å²) in [5.74, 6) is 0. The molecule has 1 saturated heterocycles. The summed E-state index contributed by atoms with van der Waals surface area (Å²) in [6.07, 6.45) is 11.5. The van der Waals surface area contributed by atoms with Gasteiger partial charge in [-0.15, -0.1) is 10.2 Å². The molecule has 4 rings (SSSR count). The summed E-state index contributed by atoms with van der Waals surface area (Å²) in [6.45, 7) is 10.9. The van der Waals surface area contributed by atoms with Crippen molar-refractivity contribution in [1.29, 1.82) is 0 Å². The SMILES string of the molecule is CCCN1CCN(c2nnc(-n3cccc3CNCCCN(C)C3CCCCC3)s2)CC1. The molecule has 7 nitrogen and oxygen atoms in total. The second-order valence-electron chi connectivity index (χ2n) is 9.37. The van der Waals surface area contributed by atoms with Crippen molar-refractivity contribution in [2.24, 2.45) is 0 Å². The van der Waals surface area contributed by atoms with Crippen LogP contribution in [-0.2, 0) is 6.54 Å². The summed E-state index contributed by atoms with van der Waals surface area (Å²) < 4.78 is 2.19. The molecule has 0 unspecified atom stereocenters. The first kappa shape index (κ1) is 23.7. The van der Waals surface area contributed by atoms with Crippen LogP contribution >= 0.6 is 11.3 Å². The van der Waals surface area contributed by atoms with Crippen molar-refractivity contribution in [3.05, 3.63) is 24.0 Å². The molecule has 1 aliphatic heterocycles. The molecule has 2 fully saturated rings. The average molecular weight is 460 g/mol. The zero-order valence-electron chi connectivity index (χ0n) is 20.0. The smallest absolute Gasteiger partial charge is 0.218 e. The van der Waals surface area contributed by atoms with Gasteiger partial charge in [0.15, 0.2) is 0 Å². The molecule has 0 amide bonds. The second-order valence-corrected chi connectivity index (χ2v) is 10.3. The summed E-state index contributed by atoms with van der Waals surface area (Å²) in [6, 6.07) is 5.10. The largest absolute Gasteiger partial charge is 0.344 e. The molecule has 0 bridgehead atoms. The number of nitrogens with zero attached hydrogens (tertiary/aromatic N) is 6. The molecular weight excluding hydrogens is 418 g/mol. The molecule has 8 heteroatoms. The van der Waals surface area contributed by atoms with E-state index < -0.39 is 0 Å². The van der Waals surface area contributed by atoms with Gasteiger partial charge in [0.2, 0.25) is 10.3 Å². The van der Waals surface area contributed by atoms with Crippen LogP contribution in [0.4, 0.5) is 5.13 Å². The molecule has 1 saturated carbocycles. The minimum absolute atomic E-state index is 0.808. The van der Waals surface area contributed by atoms with Gasteiger partial charge in [0.1, 0.15) is 0 Å². The Kier molecular flexibility index (Phi) is 8.96. The first-order valence-corrected chi connectivity index (χ1v) is 13.4. The summed E-state index contributed by atoms with van der Waals surface area (Å²) in [5, 5.41) is 14.7. The number of hydrogen-bond donors (Lipinski definition) is 1. The van der Waals surface area contributed by atoms with Crippen LogP contribution < -0.4 is 10.2 Å². The monoisotopic (exact) mass is 459 g/mol. The highest BCUT2D eigenvalue weighted by atomic mass is 32.1. The van der Waals surface area contributed by atoms with Crippen LogP contribution in [0.1, 0.15) is 57.6 Å². The van der Waals surface area contributed by atoms with Gasteiger partial charge in [-0.3, -0.25) is 9.47 Å². The van der Waals surface area contributed by atoms with Gasteiger partial charge in [0.05, 0.1) is 0 Å². The Morgan fingerprint density at radius 3 is 2.66 bits per heavy atom. The lowest BCUT2D eigenvalue weighted by Crippen LogP contribution is -2.46. The predicted octanol–water partition coefficient (Wildman–Crippen LogP) is 3.61. The Hall–Kier alpha value is -1.48. The van der Waals surface area contributed by atoms with Crippen molar-refractivity contribution in [3.63, 3.8) is 0 Å². The van der Waals surface area contributed by atoms with E-state index in [9.17, 15) is 0 Å². The van der Waals surface area contributed by atoms with Crippen LogP contribution in [0.25, 0.3) is 5.13 Å². The number of piperazine rings is 1. The molecule has 0 aromatic carbocycles. The molecule has 32 heavy (non-hydrogen) atoms. The predicted molar refractivity (Wildman–Crippen MR) is 134 cm³/mol. The van der Waals surface area contributed by atoms with Crippen LogP contribution in [0.3, 0.4) is 0 Å². The lowest BCUT2D eigenvalue weighted by Gasteiger charge is -2.33. The maximum absolute atomic E-state index is 4.51. The van der Waals surface area contributed by atoms with Gasteiger partial charge in [-0.05, 0) is 64.5 Å². The van der Waals surface area contributed by atoms with Gasteiger partial charge >= 0.3 is 0 Å². The molecule has 178 valence electrons. The van der Waals surface area contributed by atoms with Crippen LogP contribution in [0, 0.1) is 0 Å². The van der Waals surface area contributed by atoms with E-state index in [0.29, 0.717) is 0 Å². The van der Waals surface area contributed by atoms with Gasteiger partial charge in [0.25, 0.3) is 0 Å². The van der Waals surface area contributed by atoms with Gasteiger partial charge in [0, 0.05) is 50.7 Å². The van der Waals surface area contributed by atoms with Gasteiger partial charge in [-0.2, -0.15) is 0 Å². The highest BCUT2D eigenvalue weighted by molar-refractivity contribution is 7.17. The topological polar surface area (TPSA) is 52.5 Å². The van der Waals surface area contributed by atoms with E-state index in [4.69, 9.17) is 0 Å². The van der Waals surface area contributed by atoms with Crippen molar-refractivity contribution in [2.45, 2.75) is 64.5 Å². The fourth-order valence-corrected chi connectivity index (χ4v) is 5.95. The van der Waals surface area contributed by atoms with Gasteiger partial charge in [-0.25, -0.2) is 0 Å². The highest BCUT2D eigenvalue weighted by Crippen LogP contribution is 2.25. The normalized spacial score (nSPS) is 18.7. The van der Waals surface area contributed by atoms with E-state index in [1.54, 1.807) is 11.3 Å². The number of anilines is 1. The van der Waals surface area contributed by atoms with E-state index in [-0.39, 0.29) is 0 Å². The van der Waals surface area contributed by atoms with E-state index >= 15 is 0 Å². The van der Waals surface area contributed by atoms with Crippen molar-refractivity contribution < 1.29 is 0 Å². The Morgan fingerprint density at radius 1 is 1.09 bits per heavy atom. The van der Waals surface area contributed by atoms with Crippen LogP contribution in [0.2, 0.25) is 0 Å². The lowest BCUT2D eigenvalue weighted by atomic mass is 9.94. The third-order valence-electron chi connectivity index (χ3n) is 6.99. The molecule has 2 aromatic rings. The number of nitrogens with one attached hydrogen (secondary N) is 1. The third-order valence-corrected chi connectivity index (χ3v) is 7.98. The Morgan fingerprint density at radius 2 is 1.88 bits per heavy atom. The molecule has 1 N–H and O–H groups in total. The maximum Gasteiger partial charge on any atom is 0.218 e. The van der Waals surface area contributed by atoms with Crippen molar-refractivity contribution in [1.82, 2.24) is 29.9 Å². The molecule has 0 radical (unpaired) electrons. The molecule has 0 spiro atoms. The lowest BCUT2D eigenvalue weighted by molar-refractivity contribution is 0.189. The standard InChI is InChI=1S/C24H41N7S/c1-3-13-29-16-18-30(19-17-29)23-26-27-24(32-23)31-15-7-11-22(31)20-25-12-8-14-28(2)21-9-5-4-6-10-21/h7,11,15,21,25H,3-6,8-10,12-14,16-20H2,1-2H3. The number of aromatic nitrogens is 3. The first-order chi connectivity index (χ1) is 15.7. The van der Waals surface area contributed by atoms with E-state index in [1.807, 2.05) is 0 Å². The fraction of sp³-hybridized carbons (Fsp3) is 0.750. The van der Waals surface area contributed by atoms with Gasteiger partial charge < -0.3 is 15.1 Å². The van der Waals surface area contributed by atoms with Crippen LogP contribution in [-0.4, -0.2) is 83.5 Å². The molecule has 3 heterocycles. The zero-order chi connectivity index (χ0) is 22.2. The van der Waals surface area contributed by atoms with Crippen molar-refractivity contribution in [2.75, 3.05) is 57.8 Å². The van der Waals surface area contributed by atoms with E-state index in [2.05, 4.69) is 67.1 Å². The number of hydrogen-bond acceptors (Lipinski definition) is 7. The third kappa shape index (κ3) is 6.31. The van der Waals surface area contributed by atoms with E-state index in [0.717, 1.165) is 55.6 Å². The molecule has 0 atom stereocenters. The Bertz CT molecular complexity index is 790. The first-order valence-electron chi connectivity index (χ1n) is 12.6. The average Bonchev–Trinajstić information content (AvgIpc) is 3.50. The Labute approximate surface area is 197 Å². The minimum Gasteiger partial charge on any atom is -0.344 e. The fourth-order valence-electron chi connectivity index (χ4n) is 5.03. The van der Waals surface area contributed by atoms with E-state index in [1.165, 1.54) is 63.7 Å². The zero-order valence-corrected chi connectivity index (χ0v) is 20.8. The van der Waals surface area contributed by atoms with Crippen LogP contribution in [0.15, 0.2) is 18.3 Å². The molecular formula is C24H41N7S. The summed E-state index contributed by atoms with van der Waals surface area (Å²) >= 11 is 1.70. The molecule has 1 aliphatic carbocycles. The van der Waals surface area contributed by atoms with Gasteiger partial charge in [-0.1, -0.05) is 37.5 Å². The quantitative estimate of drug-likeness (QED) is 0.518.